The summed E-state index contributed by atoms with van der Waals surface area (Å²) in [5.74, 6) is -4.24. The Hall–Kier alpha value is -4.72. The maximum atomic E-state index is 13.9. The highest BCUT2D eigenvalue weighted by Gasteiger charge is 2.34. The third-order valence-electron chi connectivity index (χ3n) is 9.99. The second-order valence-corrected chi connectivity index (χ2v) is 17.9. The van der Waals surface area contributed by atoms with Crippen LogP contribution in [0.2, 0.25) is 0 Å². The third kappa shape index (κ3) is 14.1. The molecule has 0 aliphatic carbocycles. The second-order valence-electron chi connectivity index (χ2n) is 17.9. The Balaban J connectivity index is 1.83. The maximum Gasteiger partial charge on any atom is 0.339 e. The lowest BCUT2D eigenvalue weighted by molar-refractivity contribution is -0.140. The van der Waals surface area contributed by atoms with E-state index in [0.717, 1.165) is 12.8 Å². The Morgan fingerprint density at radius 1 is 0.482 bits per heavy atom. The minimum atomic E-state index is -0.893. The zero-order valence-electron chi connectivity index (χ0n) is 35.1. The van der Waals surface area contributed by atoms with E-state index in [1.165, 1.54) is 12.1 Å². The van der Waals surface area contributed by atoms with Crippen molar-refractivity contribution in [3.05, 3.63) is 107 Å². The predicted octanol–water partition coefficient (Wildman–Crippen LogP) is 10.7. The summed E-state index contributed by atoms with van der Waals surface area (Å²) in [6.07, 6.45) is 0.191. The highest BCUT2D eigenvalue weighted by atomic mass is 16.6. The topological polar surface area (TPSA) is 121 Å². The van der Waals surface area contributed by atoms with E-state index in [1.807, 2.05) is 39.8 Å². The number of ether oxygens (including phenoxy) is 2. The molecule has 0 spiro atoms. The Morgan fingerprint density at radius 2 is 0.786 bits per heavy atom. The van der Waals surface area contributed by atoms with Crippen LogP contribution in [0.15, 0.2) is 84.9 Å². The molecular weight excluding hydrogens is 705 g/mol. The van der Waals surface area contributed by atoms with Gasteiger partial charge in [-0.2, -0.15) is 0 Å². The highest BCUT2D eigenvalue weighted by molar-refractivity contribution is 6.38. The summed E-state index contributed by atoms with van der Waals surface area (Å²) in [7, 11) is 0. The van der Waals surface area contributed by atoms with Crippen LogP contribution in [-0.4, -0.2) is 35.1 Å². The van der Waals surface area contributed by atoms with Crippen LogP contribution in [-0.2, 0) is 28.7 Å². The van der Waals surface area contributed by atoms with Gasteiger partial charge in [0.05, 0.1) is 11.1 Å². The number of benzene rings is 3. The lowest BCUT2D eigenvalue weighted by atomic mass is 9.78. The van der Waals surface area contributed by atoms with Gasteiger partial charge in [0.1, 0.15) is 12.2 Å². The summed E-state index contributed by atoms with van der Waals surface area (Å²) in [5, 5.41) is 0. The fourth-order valence-corrected chi connectivity index (χ4v) is 7.87. The van der Waals surface area contributed by atoms with Gasteiger partial charge in [0.15, 0.2) is 11.6 Å². The zero-order valence-corrected chi connectivity index (χ0v) is 35.1. The Morgan fingerprint density at radius 3 is 1.09 bits per heavy atom. The molecule has 4 atom stereocenters. The van der Waals surface area contributed by atoms with Gasteiger partial charge in [0.25, 0.3) is 0 Å². The van der Waals surface area contributed by atoms with Crippen molar-refractivity contribution in [3.8, 4) is 0 Å². The molecule has 8 heteroatoms. The number of Topliss-reactive ketones (excluding diaryl/α,β-unsaturated/α-hetero) is 4. The van der Waals surface area contributed by atoms with Crippen molar-refractivity contribution >= 4 is 35.1 Å². The number of ketones is 4. The molecule has 8 nitrogen and oxygen atoms in total. The van der Waals surface area contributed by atoms with Crippen molar-refractivity contribution in [3.63, 3.8) is 0 Å². The van der Waals surface area contributed by atoms with Crippen LogP contribution < -0.4 is 0 Å². The molecule has 0 fully saturated rings. The van der Waals surface area contributed by atoms with Crippen molar-refractivity contribution in [2.45, 2.75) is 120 Å². The lowest BCUT2D eigenvalue weighted by Gasteiger charge is -2.27. The fourth-order valence-electron chi connectivity index (χ4n) is 7.87. The normalized spacial score (nSPS) is 14.1. The standard InChI is InChI=1S/C48H62O8/c1-31(2)27-47(7,8)29-39(49)43(51)33(5)25-41(35-19-13-11-14-20-35)55-45(53)37-23-17-18-24-38(37)46(54)56-42(36-21-15-12-16-22-36)26-34(6)44(52)40(50)30-48(9,10)28-32(3)4/h11-24,31-34,41-42H,25-30H2,1-10H3. The van der Waals surface area contributed by atoms with E-state index in [-0.39, 0.29) is 47.6 Å². The monoisotopic (exact) mass is 766 g/mol. The first kappa shape index (κ1) is 45.7. The first-order chi connectivity index (χ1) is 26.2. The van der Waals surface area contributed by atoms with E-state index in [4.69, 9.17) is 9.47 Å². The molecular formula is C48H62O8. The van der Waals surface area contributed by atoms with E-state index < -0.39 is 59.1 Å². The van der Waals surface area contributed by atoms with Gasteiger partial charge in [-0.25, -0.2) is 9.59 Å². The van der Waals surface area contributed by atoms with E-state index in [9.17, 15) is 28.8 Å². The molecule has 3 aromatic rings. The van der Waals surface area contributed by atoms with Gasteiger partial charge in [0, 0.05) is 24.7 Å². The number of hydrogen-bond donors (Lipinski definition) is 0. The smallest absolute Gasteiger partial charge is 0.339 e. The molecule has 0 N–H and O–H groups in total. The Kier molecular flexibility index (Phi) is 16.7. The molecule has 56 heavy (non-hydrogen) atoms. The molecule has 3 aromatic carbocycles. The molecule has 4 unspecified atom stereocenters. The molecule has 0 aliphatic rings. The molecule has 0 aliphatic heterocycles. The Bertz CT molecular complexity index is 1670. The summed E-state index contributed by atoms with van der Waals surface area (Å²) >= 11 is 0. The minimum absolute atomic E-state index is 0.0394. The summed E-state index contributed by atoms with van der Waals surface area (Å²) < 4.78 is 12.1. The average Bonchev–Trinajstić information content (AvgIpc) is 3.12. The lowest BCUT2D eigenvalue weighted by Crippen LogP contribution is -2.29. The summed E-state index contributed by atoms with van der Waals surface area (Å²) in [6, 6.07) is 24.1. The summed E-state index contributed by atoms with van der Waals surface area (Å²) in [6.45, 7) is 19.6. The van der Waals surface area contributed by atoms with Crippen LogP contribution in [0.1, 0.15) is 152 Å². The second kappa shape index (κ2) is 20.4. The molecule has 3 rings (SSSR count). The van der Waals surface area contributed by atoms with Crippen molar-refractivity contribution < 1.29 is 38.2 Å². The largest absolute Gasteiger partial charge is 0.454 e. The van der Waals surface area contributed by atoms with E-state index in [2.05, 4.69) is 27.7 Å². The van der Waals surface area contributed by atoms with Gasteiger partial charge < -0.3 is 9.47 Å². The van der Waals surface area contributed by atoms with Gasteiger partial charge in [0.2, 0.25) is 11.6 Å². The first-order valence-electron chi connectivity index (χ1n) is 19.9. The summed E-state index contributed by atoms with van der Waals surface area (Å²) in [5.41, 5.74) is 0.527. The molecule has 0 saturated carbocycles. The van der Waals surface area contributed by atoms with Crippen molar-refractivity contribution in [1.82, 2.24) is 0 Å². The van der Waals surface area contributed by atoms with Crippen LogP contribution in [0, 0.1) is 34.5 Å². The van der Waals surface area contributed by atoms with Gasteiger partial charge in [-0.05, 0) is 71.6 Å². The van der Waals surface area contributed by atoms with Crippen LogP contribution in [0.25, 0.3) is 0 Å². The Labute approximate surface area is 334 Å². The van der Waals surface area contributed by atoms with Gasteiger partial charge in [-0.3, -0.25) is 19.2 Å². The van der Waals surface area contributed by atoms with Crippen LogP contribution in [0.4, 0.5) is 0 Å². The molecule has 0 heterocycles. The van der Waals surface area contributed by atoms with Crippen molar-refractivity contribution in [2.75, 3.05) is 0 Å². The third-order valence-corrected chi connectivity index (χ3v) is 9.99. The number of rotatable bonds is 22. The molecule has 0 saturated heterocycles. The number of carbonyl (C=O) groups is 6. The van der Waals surface area contributed by atoms with Crippen LogP contribution in [0.3, 0.4) is 0 Å². The number of carbonyl (C=O) groups excluding carboxylic acids is 6. The van der Waals surface area contributed by atoms with Crippen LogP contribution >= 0.6 is 0 Å². The van der Waals surface area contributed by atoms with Gasteiger partial charge >= 0.3 is 11.9 Å². The molecule has 0 amide bonds. The van der Waals surface area contributed by atoms with Crippen LogP contribution in [0.5, 0.6) is 0 Å². The zero-order chi connectivity index (χ0) is 41.8. The highest BCUT2D eigenvalue weighted by Crippen LogP contribution is 2.34. The number of hydrogen-bond acceptors (Lipinski definition) is 8. The summed E-state index contributed by atoms with van der Waals surface area (Å²) in [4.78, 5) is 80.9. The predicted molar refractivity (Wildman–Crippen MR) is 219 cm³/mol. The van der Waals surface area contributed by atoms with E-state index in [1.54, 1.807) is 74.5 Å². The quantitative estimate of drug-likeness (QED) is 0.0732. The minimum Gasteiger partial charge on any atom is -0.454 e. The molecule has 302 valence electrons. The molecule has 0 radical (unpaired) electrons. The van der Waals surface area contributed by atoms with Gasteiger partial charge in [-0.15, -0.1) is 0 Å². The average molecular weight is 767 g/mol. The molecule has 0 bridgehead atoms. The van der Waals surface area contributed by atoms with Crippen molar-refractivity contribution in [1.29, 1.82) is 0 Å². The fraction of sp³-hybridized carbons (Fsp3) is 0.500. The first-order valence-corrected chi connectivity index (χ1v) is 19.9. The maximum absolute atomic E-state index is 13.9. The van der Waals surface area contributed by atoms with E-state index >= 15 is 0 Å². The van der Waals surface area contributed by atoms with Crippen molar-refractivity contribution in [2.24, 2.45) is 34.5 Å². The van der Waals surface area contributed by atoms with E-state index in [0.29, 0.717) is 23.0 Å². The van der Waals surface area contributed by atoms with Gasteiger partial charge in [-0.1, -0.05) is 142 Å². The molecule has 0 aromatic heterocycles. The number of esters is 2. The SMILES string of the molecule is CC(C)CC(C)(C)CC(=O)C(=O)C(C)CC(OC(=O)c1ccccc1C(=O)OC(CC(C)C(=O)C(=O)CC(C)(C)CC(C)C)c1ccccc1)c1ccccc1.